The Hall–Kier alpha value is -1.71. The van der Waals surface area contributed by atoms with Crippen LogP contribution in [0.1, 0.15) is 37.6 Å². The third-order valence-corrected chi connectivity index (χ3v) is 2.57. The number of carbonyl (C=O) groups is 1. The number of para-hydroxylation sites is 1. The van der Waals surface area contributed by atoms with Crippen LogP contribution in [-0.4, -0.2) is 11.5 Å². The van der Waals surface area contributed by atoms with Crippen LogP contribution in [0.3, 0.4) is 0 Å². The fourth-order valence-electron chi connectivity index (χ4n) is 1.22. The predicted octanol–water partition coefficient (Wildman–Crippen LogP) is 1.94. The molecule has 1 amide bonds. The topological polar surface area (TPSA) is 78.3 Å². The number of benzene rings is 1. The Labute approximate surface area is 95.6 Å². The summed E-state index contributed by atoms with van der Waals surface area (Å²) in [5.41, 5.74) is 11.3. The number of carbonyl (C=O) groups excluding carboxylic acids is 1. The molecule has 0 radical (unpaired) electrons. The molecule has 0 unspecified atom stereocenters. The minimum absolute atomic E-state index is 0.296. The number of nitrogen functional groups attached to an aromatic ring is 1. The van der Waals surface area contributed by atoms with Crippen molar-refractivity contribution in [3.8, 4) is 5.75 Å². The van der Waals surface area contributed by atoms with Crippen molar-refractivity contribution in [2.24, 2.45) is 5.73 Å². The van der Waals surface area contributed by atoms with Gasteiger partial charge in [0.25, 0.3) is 5.91 Å². The Morgan fingerprint density at radius 2 is 2.06 bits per heavy atom. The summed E-state index contributed by atoms with van der Waals surface area (Å²) in [5.74, 6) is -0.0413. The van der Waals surface area contributed by atoms with E-state index in [0.29, 0.717) is 17.0 Å². The van der Waals surface area contributed by atoms with Crippen molar-refractivity contribution < 1.29 is 9.53 Å². The zero-order valence-electron chi connectivity index (χ0n) is 9.91. The van der Waals surface area contributed by atoms with E-state index in [1.807, 2.05) is 20.8 Å². The number of hydrogen-bond donors (Lipinski definition) is 2. The Morgan fingerprint density at radius 3 is 2.56 bits per heavy atom. The molecule has 4 nitrogen and oxygen atoms in total. The van der Waals surface area contributed by atoms with E-state index in [0.717, 1.165) is 6.42 Å². The van der Waals surface area contributed by atoms with Crippen LogP contribution in [-0.2, 0) is 0 Å². The first-order chi connectivity index (χ1) is 7.37. The largest absolute Gasteiger partial charge is 0.486 e. The van der Waals surface area contributed by atoms with Gasteiger partial charge in [0.1, 0.15) is 11.4 Å². The van der Waals surface area contributed by atoms with Crippen LogP contribution in [0.5, 0.6) is 5.75 Å². The van der Waals surface area contributed by atoms with E-state index in [9.17, 15) is 4.79 Å². The highest BCUT2D eigenvalue weighted by Crippen LogP contribution is 2.29. The van der Waals surface area contributed by atoms with Crippen LogP contribution in [0.2, 0.25) is 0 Å². The number of hydrogen-bond acceptors (Lipinski definition) is 3. The maximum absolute atomic E-state index is 11.1. The van der Waals surface area contributed by atoms with Crippen LogP contribution in [0.25, 0.3) is 0 Å². The van der Waals surface area contributed by atoms with E-state index in [4.69, 9.17) is 16.2 Å². The Kier molecular flexibility index (Phi) is 3.42. The fraction of sp³-hybridized carbons (Fsp3) is 0.417. The molecule has 0 atom stereocenters. The molecule has 1 aromatic rings. The van der Waals surface area contributed by atoms with E-state index in [1.54, 1.807) is 18.2 Å². The lowest BCUT2D eigenvalue weighted by Gasteiger charge is -2.26. The molecule has 0 spiro atoms. The number of ether oxygens (including phenoxy) is 1. The molecular formula is C12H18N2O2. The Bertz CT molecular complexity index is 400. The number of amides is 1. The van der Waals surface area contributed by atoms with Gasteiger partial charge in [0.15, 0.2) is 0 Å². The summed E-state index contributed by atoms with van der Waals surface area (Å²) in [6.45, 7) is 5.95. The first-order valence-electron chi connectivity index (χ1n) is 5.24. The van der Waals surface area contributed by atoms with Crippen molar-refractivity contribution in [2.45, 2.75) is 32.8 Å². The van der Waals surface area contributed by atoms with Gasteiger partial charge in [-0.2, -0.15) is 0 Å². The van der Waals surface area contributed by atoms with Crippen molar-refractivity contribution in [3.63, 3.8) is 0 Å². The third kappa shape index (κ3) is 2.66. The number of rotatable bonds is 4. The van der Waals surface area contributed by atoms with Gasteiger partial charge in [-0.15, -0.1) is 0 Å². The van der Waals surface area contributed by atoms with Gasteiger partial charge in [-0.25, -0.2) is 0 Å². The van der Waals surface area contributed by atoms with Crippen LogP contribution >= 0.6 is 0 Å². The predicted molar refractivity (Wildman–Crippen MR) is 64.4 cm³/mol. The van der Waals surface area contributed by atoms with E-state index in [1.165, 1.54) is 0 Å². The summed E-state index contributed by atoms with van der Waals surface area (Å²) in [6, 6.07) is 5.03. The SMILES string of the molecule is CCC(C)(C)Oc1cccc(C(N)=O)c1N. The first-order valence-corrected chi connectivity index (χ1v) is 5.24. The molecule has 0 aromatic heterocycles. The summed E-state index contributed by atoms with van der Waals surface area (Å²) < 4.78 is 5.74. The molecular weight excluding hydrogens is 204 g/mol. The van der Waals surface area contributed by atoms with Crippen molar-refractivity contribution in [3.05, 3.63) is 23.8 Å². The lowest BCUT2D eigenvalue weighted by molar-refractivity contribution is 0.0989. The van der Waals surface area contributed by atoms with Crippen LogP contribution in [0.15, 0.2) is 18.2 Å². The molecule has 0 bridgehead atoms. The monoisotopic (exact) mass is 222 g/mol. The third-order valence-electron chi connectivity index (χ3n) is 2.57. The van der Waals surface area contributed by atoms with Gasteiger partial charge < -0.3 is 16.2 Å². The molecule has 0 saturated heterocycles. The number of nitrogens with two attached hydrogens (primary N) is 2. The standard InChI is InChI=1S/C12H18N2O2/c1-4-12(2,3)16-9-7-5-6-8(10(9)13)11(14)15/h5-7H,4,13H2,1-3H3,(H2,14,15). The summed E-state index contributed by atoms with van der Waals surface area (Å²) in [4.78, 5) is 11.1. The fourth-order valence-corrected chi connectivity index (χ4v) is 1.22. The summed E-state index contributed by atoms with van der Waals surface area (Å²) in [7, 11) is 0. The molecule has 0 aliphatic rings. The smallest absolute Gasteiger partial charge is 0.250 e. The average Bonchev–Trinajstić information content (AvgIpc) is 2.20. The molecule has 1 rings (SSSR count). The van der Waals surface area contributed by atoms with Crippen molar-refractivity contribution >= 4 is 11.6 Å². The molecule has 1 aromatic carbocycles. The molecule has 88 valence electrons. The minimum atomic E-state index is -0.544. The van der Waals surface area contributed by atoms with Crippen LogP contribution < -0.4 is 16.2 Å². The zero-order chi connectivity index (χ0) is 12.3. The van der Waals surface area contributed by atoms with E-state index < -0.39 is 5.91 Å². The number of primary amides is 1. The van der Waals surface area contributed by atoms with Crippen molar-refractivity contribution in [2.75, 3.05) is 5.73 Å². The molecule has 16 heavy (non-hydrogen) atoms. The highest BCUT2D eigenvalue weighted by atomic mass is 16.5. The second kappa shape index (κ2) is 4.43. The minimum Gasteiger partial charge on any atom is -0.486 e. The molecule has 0 saturated carbocycles. The van der Waals surface area contributed by atoms with Crippen LogP contribution in [0, 0.1) is 0 Å². The lowest BCUT2D eigenvalue weighted by atomic mass is 10.1. The zero-order valence-corrected chi connectivity index (χ0v) is 9.91. The molecule has 4 heteroatoms. The second-order valence-corrected chi connectivity index (χ2v) is 4.30. The second-order valence-electron chi connectivity index (χ2n) is 4.30. The lowest BCUT2D eigenvalue weighted by Crippen LogP contribution is -2.27. The molecule has 4 N–H and O–H groups in total. The quantitative estimate of drug-likeness (QED) is 0.764. The maximum Gasteiger partial charge on any atom is 0.250 e. The van der Waals surface area contributed by atoms with Gasteiger partial charge in [0, 0.05) is 0 Å². The van der Waals surface area contributed by atoms with Crippen molar-refractivity contribution in [1.82, 2.24) is 0 Å². The summed E-state index contributed by atoms with van der Waals surface area (Å²) >= 11 is 0. The molecule has 0 fully saturated rings. The number of anilines is 1. The van der Waals surface area contributed by atoms with Crippen molar-refractivity contribution in [1.29, 1.82) is 0 Å². The van der Waals surface area contributed by atoms with Crippen LogP contribution in [0.4, 0.5) is 5.69 Å². The van der Waals surface area contributed by atoms with Gasteiger partial charge in [-0.3, -0.25) is 4.79 Å². The van der Waals surface area contributed by atoms with E-state index >= 15 is 0 Å². The normalized spacial score (nSPS) is 11.2. The first kappa shape index (κ1) is 12.4. The Balaban J connectivity index is 3.07. The van der Waals surface area contributed by atoms with Gasteiger partial charge in [0.2, 0.25) is 0 Å². The van der Waals surface area contributed by atoms with E-state index in [2.05, 4.69) is 0 Å². The maximum atomic E-state index is 11.1. The Morgan fingerprint density at radius 1 is 1.44 bits per heavy atom. The molecule has 0 aliphatic heterocycles. The summed E-state index contributed by atoms with van der Waals surface area (Å²) in [5, 5.41) is 0. The van der Waals surface area contributed by atoms with Gasteiger partial charge in [0.05, 0.1) is 11.3 Å². The molecule has 0 heterocycles. The molecule has 0 aliphatic carbocycles. The highest BCUT2D eigenvalue weighted by Gasteiger charge is 2.19. The van der Waals surface area contributed by atoms with Gasteiger partial charge in [-0.05, 0) is 32.4 Å². The van der Waals surface area contributed by atoms with Gasteiger partial charge in [-0.1, -0.05) is 13.0 Å². The average molecular weight is 222 g/mol. The van der Waals surface area contributed by atoms with Gasteiger partial charge >= 0.3 is 0 Å². The van der Waals surface area contributed by atoms with E-state index in [-0.39, 0.29) is 5.60 Å². The highest BCUT2D eigenvalue weighted by molar-refractivity contribution is 5.99. The summed E-state index contributed by atoms with van der Waals surface area (Å²) in [6.07, 6.45) is 0.841.